The maximum Gasteiger partial charge on any atom is 0.407 e. The van der Waals surface area contributed by atoms with E-state index in [1.54, 1.807) is 39.1 Å². The topological polar surface area (TPSA) is 118 Å². The van der Waals surface area contributed by atoms with E-state index in [4.69, 9.17) is 4.74 Å². The van der Waals surface area contributed by atoms with Crippen LogP contribution in [0.4, 0.5) is 10.6 Å². The lowest BCUT2D eigenvalue weighted by Crippen LogP contribution is -2.50. The zero-order valence-corrected chi connectivity index (χ0v) is 17.2. The van der Waals surface area contributed by atoms with Crippen molar-refractivity contribution in [3.05, 3.63) is 23.9 Å². The van der Waals surface area contributed by atoms with Crippen LogP contribution in [-0.4, -0.2) is 33.7 Å². The molecule has 2 amide bonds. The van der Waals surface area contributed by atoms with E-state index in [0.29, 0.717) is 44.3 Å². The van der Waals surface area contributed by atoms with Crippen LogP contribution >= 0.6 is 0 Å². The van der Waals surface area contributed by atoms with Crippen molar-refractivity contribution in [3.63, 3.8) is 0 Å². The van der Waals surface area contributed by atoms with Gasteiger partial charge in [-0.2, -0.15) is 0 Å². The van der Waals surface area contributed by atoms with Gasteiger partial charge < -0.3 is 20.5 Å². The fourth-order valence-electron chi connectivity index (χ4n) is 4.19. The highest BCUT2D eigenvalue weighted by Crippen LogP contribution is 2.57. The normalized spacial score (nSPS) is 25.9. The molecule has 3 N–H and O–H groups in total. The van der Waals surface area contributed by atoms with Crippen LogP contribution < -0.4 is 10.6 Å². The molecule has 0 aromatic carbocycles. The molecule has 158 valence electrons. The third-order valence-corrected chi connectivity index (χ3v) is 6.08. The van der Waals surface area contributed by atoms with Crippen molar-refractivity contribution < 1.29 is 24.2 Å². The first-order valence-electron chi connectivity index (χ1n) is 10.0. The van der Waals surface area contributed by atoms with E-state index in [0.717, 1.165) is 5.56 Å². The van der Waals surface area contributed by atoms with Crippen molar-refractivity contribution in [2.75, 3.05) is 5.32 Å². The van der Waals surface area contributed by atoms with Gasteiger partial charge in [0.05, 0.1) is 5.41 Å². The quantitative estimate of drug-likeness (QED) is 0.693. The number of carbonyl (C=O) groups is 3. The summed E-state index contributed by atoms with van der Waals surface area (Å²) >= 11 is 0. The highest BCUT2D eigenvalue weighted by molar-refractivity contribution is 5.95. The summed E-state index contributed by atoms with van der Waals surface area (Å²) in [4.78, 5) is 40.4. The number of carbonyl (C=O) groups excluding carboxylic acids is 2. The third kappa shape index (κ3) is 4.68. The molecule has 0 atom stereocenters. The highest BCUT2D eigenvalue weighted by atomic mass is 16.6. The Kier molecular flexibility index (Phi) is 5.56. The maximum atomic E-state index is 12.9. The van der Waals surface area contributed by atoms with Gasteiger partial charge in [-0.25, -0.2) is 9.78 Å². The number of carboxylic acid groups (broad SMARTS) is 1. The SMILES string of the molecule is CC(C)(C)OC(=O)NCc1ccc(NC(=O)C23CCC(C(=O)O)(CC2)CC3)nc1. The molecular formula is C21H29N3O5. The van der Waals surface area contributed by atoms with E-state index in [1.807, 2.05) is 0 Å². The van der Waals surface area contributed by atoms with Gasteiger partial charge in [-0.1, -0.05) is 6.07 Å². The standard InChI is InChI=1S/C21H29N3O5/c1-19(2,3)29-18(28)23-13-14-4-5-15(22-12-14)24-16(25)20-6-9-21(10-7-20,11-8-20)17(26)27/h4-5,12H,6-11,13H2,1-3H3,(H,23,28)(H,26,27)(H,22,24,25). The molecule has 1 heterocycles. The minimum Gasteiger partial charge on any atom is -0.481 e. The van der Waals surface area contributed by atoms with Crippen molar-refractivity contribution in [2.45, 2.75) is 71.4 Å². The highest BCUT2D eigenvalue weighted by Gasteiger charge is 2.55. The first-order valence-corrected chi connectivity index (χ1v) is 10.0. The van der Waals surface area contributed by atoms with Gasteiger partial charge in [0.1, 0.15) is 11.4 Å². The number of anilines is 1. The van der Waals surface area contributed by atoms with Gasteiger partial charge in [-0.15, -0.1) is 0 Å². The molecule has 0 saturated heterocycles. The first-order chi connectivity index (χ1) is 13.5. The average molecular weight is 403 g/mol. The maximum absolute atomic E-state index is 12.9. The molecule has 0 radical (unpaired) electrons. The third-order valence-electron chi connectivity index (χ3n) is 6.08. The van der Waals surface area contributed by atoms with E-state index in [-0.39, 0.29) is 12.5 Å². The second kappa shape index (κ2) is 7.65. The van der Waals surface area contributed by atoms with Crippen LogP contribution in [0.25, 0.3) is 0 Å². The summed E-state index contributed by atoms with van der Waals surface area (Å²) in [5.74, 6) is -0.363. The average Bonchev–Trinajstić information content (AvgIpc) is 2.67. The van der Waals surface area contributed by atoms with Crippen molar-refractivity contribution in [1.82, 2.24) is 10.3 Å². The molecule has 3 fully saturated rings. The Hall–Kier alpha value is -2.64. The Balaban J connectivity index is 1.53. The molecule has 0 unspecified atom stereocenters. The molecule has 8 nitrogen and oxygen atoms in total. The number of hydrogen-bond donors (Lipinski definition) is 3. The molecule has 1 aromatic rings. The van der Waals surface area contributed by atoms with Crippen LogP contribution in [0, 0.1) is 10.8 Å². The number of aliphatic carboxylic acids is 1. The Labute approximate surface area is 170 Å². The number of pyridine rings is 1. The molecule has 8 heteroatoms. The van der Waals surface area contributed by atoms with Crippen LogP contribution in [-0.2, 0) is 20.9 Å². The van der Waals surface area contributed by atoms with E-state index in [2.05, 4.69) is 15.6 Å². The monoisotopic (exact) mass is 403 g/mol. The van der Waals surface area contributed by atoms with Gasteiger partial charge in [-0.3, -0.25) is 9.59 Å². The molecule has 1 aromatic heterocycles. The number of hydrogen-bond acceptors (Lipinski definition) is 5. The number of alkyl carbamates (subject to hydrolysis) is 1. The second-order valence-corrected chi connectivity index (χ2v) is 9.23. The zero-order valence-electron chi connectivity index (χ0n) is 17.2. The molecule has 3 aliphatic rings. The molecule has 4 rings (SSSR count). The Morgan fingerprint density at radius 3 is 2.14 bits per heavy atom. The molecule has 29 heavy (non-hydrogen) atoms. The smallest absolute Gasteiger partial charge is 0.407 e. The number of nitrogens with zero attached hydrogens (tertiary/aromatic N) is 1. The minimum absolute atomic E-state index is 0.0803. The van der Waals surface area contributed by atoms with Crippen LogP contribution in [0.5, 0.6) is 0 Å². The van der Waals surface area contributed by atoms with Gasteiger partial charge in [0.2, 0.25) is 5.91 Å². The summed E-state index contributed by atoms with van der Waals surface area (Å²) in [6.45, 7) is 5.67. The van der Waals surface area contributed by atoms with Crippen molar-refractivity contribution >= 4 is 23.8 Å². The lowest BCUT2D eigenvalue weighted by Gasteiger charge is -2.50. The van der Waals surface area contributed by atoms with Gasteiger partial charge in [-0.05, 0) is 70.9 Å². The zero-order chi connectivity index (χ0) is 21.3. The number of carboxylic acids is 1. The van der Waals surface area contributed by atoms with Crippen molar-refractivity contribution in [2.24, 2.45) is 10.8 Å². The van der Waals surface area contributed by atoms with E-state index < -0.39 is 28.5 Å². The summed E-state index contributed by atoms with van der Waals surface area (Å²) in [7, 11) is 0. The number of rotatable bonds is 5. The minimum atomic E-state index is -0.733. The fraction of sp³-hybridized carbons (Fsp3) is 0.619. The summed E-state index contributed by atoms with van der Waals surface area (Å²) in [6.07, 6.45) is 4.56. The fourth-order valence-corrected chi connectivity index (χ4v) is 4.19. The predicted molar refractivity (Wildman–Crippen MR) is 106 cm³/mol. The van der Waals surface area contributed by atoms with E-state index >= 15 is 0 Å². The lowest BCUT2D eigenvalue weighted by molar-refractivity contribution is -0.162. The van der Waals surface area contributed by atoms with Crippen molar-refractivity contribution in [3.8, 4) is 0 Å². The first kappa shape index (κ1) is 21.1. The van der Waals surface area contributed by atoms with Crippen LogP contribution in [0.15, 0.2) is 18.3 Å². The second-order valence-electron chi connectivity index (χ2n) is 9.23. The molecule has 0 spiro atoms. The summed E-state index contributed by atoms with van der Waals surface area (Å²) in [6, 6.07) is 3.49. The van der Waals surface area contributed by atoms with Gasteiger partial charge >= 0.3 is 12.1 Å². The van der Waals surface area contributed by atoms with Crippen LogP contribution in [0.1, 0.15) is 64.9 Å². The number of amides is 2. The Bertz CT molecular complexity index is 773. The molecule has 0 aliphatic heterocycles. The number of ether oxygens (including phenoxy) is 1. The molecule has 3 saturated carbocycles. The van der Waals surface area contributed by atoms with Gasteiger partial charge in [0.25, 0.3) is 0 Å². The van der Waals surface area contributed by atoms with Crippen molar-refractivity contribution in [1.29, 1.82) is 0 Å². The Morgan fingerprint density at radius 1 is 1.07 bits per heavy atom. The Morgan fingerprint density at radius 2 is 1.66 bits per heavy atom. The van der Waals surface area contributed by atoms with Gasteiger partial charge in [0.15, 0.2) is 0 Å². The predicted octanol–water partition coefficient (Wildman–Crippen LogP) is 3.47. The number of nitrogens with one attached hydrogen (secondary N) is 2. The summed E-state index contributed by atoms with van der Waals surface area (Å²) < 4.78 is 5.19. The number of fused-ring (bicyclic) bond motifs is 3. The van der Waals surface area contributed by atoms with Crippen LogP contribution in [0.2, 0.25) is 0 Å². The summed E-state index contributed by atoms with van der Waals surface area (Å²) in [5, 5.41) is 15.0. The largest absolute Gasteiger partial charge is 0.481 e. The lowest BCUT2D eigenvalue weighted by atomic mass is 9.53. The molecular weight excluding hydrogens is 374 g/mol. The molecule has 2 bridgehead atoms. The van der Waals surface area contributed by atoms with Gasteiger partial charge in [0, 0.05) is 18.2 Å². The van der Waals surface area contributed by atoms with Crippen LogP contribution in [0.3, 0.4) is 0 Å². The number of aromatic nitrogens is 1. The van der Waals surface area contributed by atoms with E-state index in [9.17, 15) is 19.5 Å². The van der Waals surface area contributed by atoms with E-state index in [1.165, 1.54) is 0 Å². The molecule has 3 aliphatic carbocycles. The summed E-state index contributed by atoms with van der Waals surface area (Å²) in [5.41, 5.74) is -0.898.